The standard InChI is InChI=1S/C67H110O6/c1-4-7-10-13-16-19-22-25-28-30-31-32-33-34-35-37-39-42-45-48-51-54-57-60-66(69)72-63-64(62-71-65(68)59-56-53-50-47-44-41-38-27-24-21-18-15-12-9-6-3)73-67(70)61-58-55-52-49-46-43-40-36-29-26-23-20-17-14-11-8-5-2/h8-9,11-12,17-18,20-22,25-27,29-31,38,40,43,49,52,64H,4-7,10,13-16,19,23-24,28,32-37,39,41-42,44-48,50-51,53-63H2,1-3H3/b11-8-,12-9-,20-17-,21-18-,25-22-,29-26-,31-30-,38-27-,43-40-,52-49-. The third-order valence-corrected chi connectivity index (χ3v) is 12.4. The third-order valence-electron chi connectivity index (χ3n) is 12.4. The highest BCUT2D eigenvalue weighted by Gasteiger charge is 2.19. The normalized spacial score (nSPS) is 13.0. The molecule has 0 spiro atoms. The summed E-state index contributed by atoms with van der Waals surface area (Å²) in [6.07, 6.45) is 83.4. The zero-order chi connectivity index (χ0) is 52.9. The van der Waals surface area contributed by atoms with E-state index in [0.717, 1.165) is 122 Å². The predicted octanol–water partition coefficient (Wildman–Crippen LogP) is 20.4. The predicted molar refractivity (Wildman–Crippen MR) is 316 cm³/mol. The van der Waals surface area contributed by atoms with Crippen molar-refractivity contribution in [3.63, 3.8) is 0 Å². The highest BCUT2D eigenvalue weighted by atomic mass is 16.6. The SMILES string of the molecule is CC/C=C\C/C=C\C/C=C\C/C=C\C/C=C\CCCC(=O)OC(COC(=O)CCCCCCC/C=C\C/C=C\C/C=C\CC)COC(=O)CCCCCCCCCCCCC/C=C\C/C=C\CCCCCCC. The van der Waals surface area contributed by atoms with Gasteiger partial charge in [0.25, 0.3) is 0 Å². The number of hydrogen-bond acceptors (Lipinski definition) is 6. The molecule has 0 fully saturated rings. The molecule has 0 aromatic carbocycles. The van der Waals surface area contributed by atoms with Gasteiger partial charge >= 0.3 is 17.9 Å². The van der Waals surface area contributed by atoms with Crippen LogP contribution in [0.15, 0.2) is 122 Å². The van der Waals surface area contributed by atoms with E-state index in [1.54, 1.807) is 0 Å². The Morgan fingerprint density at radius 2 is 0.548 bits per heavy atom. The maximum absolute atomic E-state index is 12.9. The maximum Gasteiger partial charge on any atom is 0.306 e. The molecule has 0 amide bonds. The lowest BCUT2D eigenvalue weighted by molar-refractivity contribution is -0.167. The fourth-order valence-corrected chi connectivity index (χ4v) is 7.99. The van der Waals surface area contributed by atoms with Crippen molar-refractivity contribution in [2.45, 2.75) is 271 Å². The van der Waals surface area contributed by atoms with Crippen molar-refractivity contribution in [2.24, 2.45) is 0 Å². The number of hydrogen-bond donors (Lipinski definition) is 0. The van der Waals surface area contributed by atoms with Crippen molar-refractivity contribution >= 4 is 17.9 Å². The molecule has 0 aliphatic heterocycles. The minimum Gasteiger partial charge on any atom is -0.462 e. The first-order chi connectivity index (χ1) is 36.0. The van der Waals surface area contributed by atoms with E-state index in [2.05, 4.69) is 142 Å². The number of rotatable bonds is 53. The molecule has 0 aromatic rings. The van der Waals surface area contributed by atoms with E-state index in [1.807, 2.05) is 0 Å². The lowest BCUT2D eigenvalue weighted by Gasteiger charge is -2.18. The first-order valence-corrected chi connectivity index (χ1v) is 30.0. The molecule has 0 radical (unpaired) electrons. The second-order valence-electron chi connectivity index (χ2n) is 19.5. The van der Waals surface area contributed by atoms with Crippen LogP contribution >= 0.6 is 0 Å². The fraction of sp³-hybridized carbons (Fsp3) is 0.657. The largest absolute Gasteiger partial charge is 0.462 e. The summed E-state index contributed by atoms with van der Waals surface area (Å²) in [7, 11) is 0. The summed E-state index contributed by atoms with van der Waals surface area (Å²) in [6.45, 7) is 6.35. The molecule has 1 atom stereocenters. The average molecular weight is 1010 g/mol. The second-order valence-corrected chi connectivity index (χ2v) is 19.5. The maximum atomic E-state index is 12.9. The second kappa shape index (κ2) is 60.4. The molecule has 6 nitrogen and oxygen atoms in total. The number of allylic oxidation sites excluding steroid dienone is 20. The van der Waals surface area contributed by atoms with E-state index >= 15 is 0 Å². The molecule has 73 heavy (non-hydrogen) atoms. The molecular formula is C67H110O6. The van der Waals surface area contributed by atoms with E-state index in [9.17, 15) is 14.4 Å². The van der Waals surface area contributed by atoms with Crippen molar-refractivity contribution in [1.82, 2.24) is 0 Å². The minimum atomic E-state index is -0.820. The summed E-state index contributed by atoms with van der Waals surface area (Å²) < 4.78 is 16.8. The number of carbonyl (C=O) groups is 3. The molecule has 6 heteroatoms. The van der Waals surface area contributed by atoms with Gasteiger partial charge in [-0.1, -0.05) is 245 Å². The Labute approximate surface area is 450 Å². The number of esters is 3. The first-order valence-electron chi connectivity index (χ1n) is 30.0. The van der Waals surface area contributed by atoms with Crippen LogP contribution in [0.2, 0.25) is 0 Å². The zero-order valence-electron chi connectivity index (χ0n) is 47.4. The van der Waals surface area contributed by atoms with Gasteiger partial charge in [0.2, 0.25) is 0 Å². The highest BCUT2D eigenvalue weighted by Crippen LogP contribution is 2.15. The molecule has 0 aliphatic carbocycles. The quantitative estimate of drug-likeness (QED) is 0.0261. The Morgan fingerprint density at radius 3 is 0.877 bits per heavy atom. The summed E-state index contributed by atoms with van der Waals surface area (Å²) in [4.78, 5) is 38.2. The summed E-state index contributed by atoms with van der Waals surface area (Å²) in [6, 6.07) is 0. The van der Waals surface area contributed by atoms with Crippen LogP contribution < -0.4 is 0 Å². The van der Waals surface area contributed by atoms with Gasteiger partial charge in [0, 0.05) is 19.3 Å². The van der Waals surface area contributed by atoms with Crippen LogP contribution in [0.5, 0.6) is 0 Å². The van der Waals surface area contributed by atoms with Crippen LogP contribution in [-0.2, 0) is 28.6 Å². The van der Waals surface area contributed by atoms with Crippen molar-refractivity contribution in [3.8, 4) is 0 Å². The van der Waals surface area contributed by atoms with E-state index in [1.165, 1.54) is 96.3 Å². The van der Waals surface area contributed by atoms with Gasteiger partial charge in [-0.05, 0) is 122 Å². The van der Waals surface area contributed by atoms with Crippen LogP contribution in [0.3, 0.4) is 0 Å². The van der Waals surface area contributed by atoms with E-state index < -0.39 is 6.10 Å². The molecule has 414 valence electrons. The first kappa shape index (κ1) is 68.8. The van der Waals surface area contributed by atoms with Gasteiger partial charge in [0.05, 0.1) is 0 Å². The molecule has 0 saturated heterocycles. The van der Waals surface area contributed by atoms with Gasteiger partial charge < -0.3 is 14.2 Å². The smallest absolute Gasteiger partial charge is 0.306 e. The fourth-order valence-electron chi connectivity index (χ4n) is 7.99. The van der Waals surface area contributed by atoms with Gasteiger partial charge in [-0.2, -0.15) is 0 Å². The van der Waals surface area contributed by atoms with Crippen LogP contribution in [0, 0.1) is 0 Å². The molecule has 0 heterocycles. The number of carbonyl (C=O) groups excluding carboxylic acids is 3. The number of ether oxygens (including phenoxy) is 3. The van der Waals surface area contributed by atoms with Crippen molar-refractivity contribution in [2.75, 3.05) is 13.2 Å². The summed E-state index contributed by atoms with van der Waals surface area (Å²) in [5.41, 5.74) is 0. The summed E-state index contributed by atoms with van der Waals surface area (Å²) in [5, 5.41) is 0. The minimum absolute atomic E-state index is 0.110. The Balaban J connectivity index is 4.45. The van der Waals surface area contributed by atoms with Gasteiger partial charge in [-0.25, -0.2) is 0 Å². The van der Waals surface area contributed by atoms with Gasteiger partial charge in [-0.15, -0.1) is 0 Å². The Kier molecular flexibility index (Phi) is 56.9. The van der Waals surface area contributed by atoms with Gasteiger partial charge in [0.15, 0.2) is 6.10 Å². The molecule has 0 saturated carbocycles. The summed E-state index contributed by atoms with van der Waals surface area (Å²) >= 11 is 0. The van der Waals surface area contributed by atoms with Gasteiger partial charge in [0.1, 0.15) is 13.2 Å². The van der Waals surface area contributed by atoms with Crippen LogP contribution in [0.1, 0.15) is 265 Å². The van der Waals surface area contributed by atoms with Crippen LogP contribution in [-0.4, -0.2) is 37.2 Å². The Morgan fingerprint density at radius 1 is 0.288 bits per heavy atom. The number of unbranched alkanes of at least 4 members (excludes halogenated alkanes) is 22. The zero-order valence-corrected chi connectivity index (χ0v) is 47.4. The molecule has 0 N–H and O–H groups in total. The molecule has 0 aliphatic rings. The molecule has 0 bridgehead atoms. The van der Waals surface area contributed by atoms with Crippen molar-refractivity contribution < 1.29 is 28.6 Å². The van der Waals surface area contributed by atoms with Crippen LogP contribution in [0.25, 0.3) is 0 Å². The lowest BCUT2D eigenvalue weighted by Crippen LogP contribution is -2.30. The molecule has 1 unspecified atom stereocenters. The van der Waals surface area contributed by atoms with E-state index in [4.69, 9.17) is 14.2 Å². The topological polar surface area (TPSA) is 78.9 Å². The monoisotopic (exact) mass is 1010 g/mol. The van der Waals surface area contributed by atoms with E-state index in [0.29, 0.717) is 19.3 Å². The molecule has 0 aromatic heterocycles. The Bertz CT molecular complexity index is 1540. The average Bonchev–Trinajstić information content (AvgIpc) is 3.39. The summed E-state index contributed by atoms with van der Waals surface area (Å²) in [5.74, 6) is -0.988. The van der Waals surface area contributed by atoms with Gasteiger partial charge in [-0.3, -0.25) is 14.4 Å². The van der Waals surface area contributed by atoms with E-state index in [-0.39, 0.29) is 37.5 Å². The molecular weight excluding hydrogens is 901 g/mol. The lowest BCUT2D eigenvalue weighted by atomic mass is 10.0. The van der Waals surface area contributed by atoms with Crippen LogP contribution in [0.4, 0.5) is 0 Å². The third kappa shape index (κ3) is 58.6. The van der Waals surface area contributed by atoms with Crippen molar-refractivity contribution in [1.29, 1.82) is 0 Å². The van der Waals surface area contributed by atoms with Crippen molar-refractivity contribution in [3.05, 3.63) is 122 Å². The Hall–Kier alpha value is -4.19. The highest BCUT2D eigenvalue weighted by molar-refractivity contribution is 5.71. The molecule has 0 rings (SSSR count).